The van der Waals surface area contributed by atoms with Crippen molar-refractivity contribution >= 4 is 83.4 Å². The maximum Gasteiger partial charge on any atom is 0.290 e. The lowest BCUT2D eigenvalue weighted by Crippen LogP contribution is -2.38. The molecule has 0 saturated carbocycles. The fourth-order valence-corrected chi connectivity index (χ4v) is 5.12. The number of imide groups is 1. The molecule has 7 amide bonds. The molecule has 0 radical (unpaired) electrons. The summed E-state index contributed by atoms with van der Waals surface area (Å²) in [6.07, 6.45) is 8.70. The zero-order chi connectivity index (χ0) is 51.4. The number of nitrogens with zero attached hydrogens (tertiary/aromatic N) is 4. The minimum Gasteiger partial charge on any atom is -0.494 e. The summed E-state index contributed by atoms with van der Waals surface area (Å²) < 4.78 is 5.65. The third-order valence-corrected chi connectivity index (χ3v) is 8.18. The van der Waals surface area contributed by atoms with E-state index < -0.39 is 5.91 Å². The van der Waals surface area contributed by atoms with Crippen molar-refractivity contribution in [3.05, 3.63) is 34.7 Å². The van der Waals surface area contributed by atoms with Crippen LogP contribution in [0.5, 0.6) is 5.75 Å². The molecule has 0 spiro atoms. The van der Waals surface area contributed by atoms with Crippen molar-refractivity contribution in [2.24, 2.45) is 71.6 Å². The van der Waals surface area contributed by atoms with Crippen LogP contribution in [0.3, 0.4) is 0 Å². The molecule has 67 heavy (non-hydrogen) atoms. The first kappa shape index (κ1) is 64.0. The summed E-state index contributed by atoms with van der Waals surface area (Å²) in [6, 6.07) is 7.26. The highest BCUT2D eigenvalue weighted by Crippen LogP contribution is 2.26. The first-order valence-corrected chi connectivity index (χ1v) is 21.9. The van der Waals surface area contributed by atoms with Gasteiger partial charge in [-0.05, 0) is 94.3 Å². The molecule has 2 atom stereocenters. The average molecular weight is 967 g/mol. The zero-order valence-electron chi connectivity index (χ0n) is 39.0. The van der Waals surface area contributed by atoms with Crippen molar-refractivity contribution in [2.45, 2.75) is 91.1 Å². The van der Waals surface area contributed by atoms with E-state index in [-0.39, 0.29) is 72.0 Å². The van der Waals surface area contributed by atoms with E-state index in [1.807, 2.05) is 27.7 Å². The van der Waals surface area contributed by atoms with Crippen LogP contribution in [0.2, 0.25) is 0 Å². The number of primary amides is 1. The maximum atomic E-state index is 12.0. The molecule has 1 fully saturated rings. The average Bonchev–Trinajstić information content (AvgIpc) is 3.58. The minimum atomic E-state index is -0.535. The molecule has 0 aromatic heterocycles. The van der Waals surface area contributed by atoms with Gasteiger partial charge in [-0.1, -0.05) is 26.0 Å². The molecule has 0 aliphatic carbocycles. The molecule has 378 valence electrons. The Bertz CT molecular complexity index is 1730. The first-order valence-electron chi connectivity index (χ1n) is 21.1. The Morgan fingerprint density at radius 1 is 0.672 bits per heavy atom. The van der Waals surface area contributed by atoms with Gasteiger partial charge in [0.2, 0.25) is 30.5 Å². The van der Waals surface area contributed by atoms with Crippen molar-refractivity contribution in [2.75, 3.05) is 45.9 Å². The molecular formula is C40H74N18O8S. The first-order chi connectivity index (χ1) is 31.7. The van der Waals surface area contributed by atoms with Gasteiger partial charge in [0, 0.05) is 44.7 Å². The zero-order valence-corrected chi connectivity index (χ0v) is 39.8. The van der Waals surface area contributed by atoms with Gasteiger partial charge in [-0.3, -0.25) is 58.8 Å². The highest BCUT2D eigenvalue weighted by molar-refractivity contribution is 8.18. The number of aliphatic imine (C=N–C) groups is 4. The molecule has 23 N–H and O–H groups in total. The smallest absolute Gasteiger partial charge is 0.290 e. The third kappa shape index (κ3) is 46.5. The molecule has 1 heterocycles. The number of thioether (sulfide) groups is 1. The number of nitrogens with one attached hydrogen (secondary N) is 5. The van der Waals surface area contributed by atoms with Crippen molar-refractivity contribution in [1.82, 2.24) is 26.6 Å². The molecule has 1 aromatic carbocycles. The summed E-state index contributed by atoms with van der Waals surface area (Å²) in [5.41, 5.74) is 46.3. The van der Waals surface area contributed by atoms with Crippen LogP contribution in [0.4, 0.5) is 4.79 Å². The van der Waals surface area contributed by atoms with Crippen LogP contribution >= 0.6 is 11.8 Å². The maximum absolute atomic E-state index is 12.0. The number of nitrogens with two attached hydrogens (primary N) is 9. The highest BCUT2D eigenvalue weighted by Gasteiger charge is 2.24. The Labute approximate surface area is 396 Å². The Morgan fingerprint density at radius 3 is 1.49 bits per heavy atom. The van der Waals surface area contributed by atoms with E-state index in [2.05, 4.69) is 52.3 Å². The van der Waals surface area contributed by atoms with Crippen molar-refractivity contribution < 1.29 is 38.3 Å². The summed E-state index contributed by atoms with van der Waals surface area (Å²) in [7, 11) is 0. The molecule has 2 rings (SSSR count). The number of hydrogen-bond donors (Lipinski definition) is 14. The van der Waals surface area contributed by atoms with E-state index in [9.17, 15) is 33.6 Å². The molecule has 26 nitrogen and oxygen atoms in total. The predicted octanol–water partition coefficient (Wildman–Crippen LogP) is -2.42. The van der Waals surface area contributed by atoms with Crippen molar-refractivity contribution in [1.29, 1.82) is 0 Å². The second-order valence-corrected chi connectivity index (χ2v) is 14.8. The largest absolute Gasteiger partial charge is 0.494 e. The van der Waals surface area contributed by atoms with Gasteiger partial charge in [-0.25, -0.2) is 0 Å². The topological polar surface area (TPSA) is 472 Å². The highest BCUT2D eigenvalue weighted by atomic mass is 32.2. The van der Waals surface area contributed by atoms with Crippen LogP contribution < -0.4 is 82.9 Å². The summed E-state index contributed by atoms with van der Waals surface area (Å²) in [6.45, 7) is 10.8. The van der Waals surface area contributed by atoms with Gasteiger partial charge in [0.05, 0.1) is 24.6 Å². The monoisotopic (exact) mass is 967 g/mol. The van der Waals surface area contributed by atoms with Crippen LogP contribution in [0.25, 0.3) is 6.08 Å². The molecule has 1 saturated heterocycles. The predicted molar refractivity (Wildman–Crippen MR) is 265 cm³/mol. The van der Waals surface area contributed by atoms with Gasteiger partial charge in [0.25, 0.3) is 11.1 Å². The lowest BCUT2D eigenvalue weighted by molar-refractivity contribution is -0.122. The molecule has 1 aliphatic rings. The number of ether oxygens (including phenoxy) is 1. The second-order valence-electron chi connectivity index (χ2n) is 13.8. The number of hydrogen-bond acceptors (Lipinski definition) is 13. The van der Waals surface area contributed by atoms with E-state index in [0.29, 0.717) is 56.0 Å². The molecule has 1 aliphatic heterocycles. The number of benzene rings is 1. The van der Waals surface area contributed by atoms with Crippen LogP contribution in [-0.4, -0.2) is 123 Å². The summed E-state index contributed by atoms with van der Waals surface area (Å²) in [4.78, 5) is 90.5. The lowest BCUT2D eigenvalue weighted by Gasteiger charge is -2.13. The SMILES string of the molecule is CC(CCCN=C(N)N)NC(=O)CCCOc1ccc(/C=C2\SC(=O)NC2=O)cc1.CC(CCCN=C(N)N)NC(=O)CNC=O.CCCN=C(N)N.CCCN=C(N)N.NC(=O)CNC=O. The Hall–Kier alpha value is -7.32. The van der Waals surface area contributed by atoms with E-state index in [0.717, 1.165) is 68.9 Å². The molecule has 0 bridgehead atoms. The van der Waals surface area contributed by atoms with Crippen molar-refractivity contribution in [3.63, 3.8) is 0 Å². The number of guanidine groups is 4. The molecular weight excluding hydrogens is 893 g/mol. The molecule has 27 heteroatoms. The molecule has 1 aromatic rings. The Balaban J connectivity index is -0.000000916. The summed E-state index contributed by atoms with van der Waals surface area (Å²) in [5.74, 6) is 0.0490. The Morgan fingerprint density at radius 2 is 1.12 bits per heavy atom. The number of carbonyl (C=O) groups excluding carboxylic acids is 7. The van der Waals surface area contributed by atoms with E-state index in [1.54, 1.807) is 30.3 Å². The Kier molecular flexibility index (Phi) is 40.7. The van der Waals surface area contributed by atoms with Gasteiger partial charge >= 0.3 is 0 Å². The van der Waals surface area contributed by atoms with Crippen LogP contribution in [0, 0.1) is 0 Å². The normalized spacial score (nSPS) is 12.1. The van der Waals surface area contributed by atoms with Gasteiger partial charge in [0.15, 0.2) is 23.8 Å². The van der Waals surface area contributed by atoms with Crippen LogP contribution in [0.1, 0.15) is 84.6 Å². The lowest BCUT2D eigenvalue weighted by atomic mass is 10.1. The fourth-order valence-electron chi connectivity index (χ4n) is 4.44. The van der Waals surface area contributed by atoms with Gasteiger partial charge in [-0.15, -0.1) is 0 Å². The standard InChI is InChI=1S/C20H27N5O4S.C9H19N5O2.2C4H11N3.C3H6N2O2/c1-13(4-2-10-23-19(21)22)24-17(26)5-3-11-29-15-8-6-14(7-9-15)12-16-18(27)25-20(28)30-16;1-7(3-2-4-13-9(10)11)14-8(16)5-12-6-15;2*1-2-3-7-4(5)6;4-3(7)1-5-2-6/h6-9,12-13H,2-5,10-11H2,1H3,(H,24,26)(H4,21,22,23)(H,25,27,28);6-7H,2-5H2,1H3,(H,12,15)(H,14,16)(H4,10,11,13);2*2-3H2,1H3,(H4,5,6,7);2H,1H2,(H2,4,7)(H,5,6)/b16-12-;;;;. The van der Waals surface area contributed by atoms with Crippen LogP contribution in [0.15, 0.2) is 49.1 Å². The number of carbonyl (C=O) groups is 7. The minimum absolute atomic E-state index is 0.00173. The van der Waals surface area contributed by atoms with Gasteiger partial charge in [-0.2, -0.15) is 0 Å². The number of rotatable bonds is 26. The van der Waals surface area contributed by atoms with E-state index in [1.165, 1.54) is 0 Å². The quantitative estimate of drug-likeness (QED) is 0.0151. The van der Waals surface area contributed by atoms with Crippen molar-refractivity contribution in [3.8, 4) is 5.75 Å². The van der Waals surface area contributed by atoms with Gasteiger partial charge in [0.1, 0.15) is 5.75 Å². The van der Waals surface area contributed by atoms with Gasteiger partial charge < -0.3 is 77.6 Å². The summed E-state index contributed by atoms with van der Waals surface area (Å²) >= 11 is 0.879. The summed E-state index contributed by atoms with van der Waals surface area (Å²) in [5, 5.41) is 11.9. The number of amides is 7. The molecule has 2 unspecified atom stereocenters. The van der Waals surface area contributed by atoms with E-state index in [4.69, 9.17) is 50.6 Å². The third-order valence-electron chi connectivity index (χ3n) is 7.37. The fraction of sp³-hybridized carbons (Fsp3) is 0.525. The van der Waals surface area contributed by atoms with Crippen LogP contribution in [-0.2, 0) is 28.8 Å². The van der Waals surface area contributed by atoms with E-state index >= 15 is 0 Å². The second kappa shape index (κ2) is 42.6.